The average molecular weight is 282 g/mol. The average Bonchev–Trinajstić information content (AvgIpc) is 3.04. The summed E-state index contributed by atoms with van der Waals surface area (Å²) in [6, 6.07) is 9.22. The second-order valence-corrected chi connectivity index (χ2v) is 5.88. The SMILES string of the molecule is CC(C)NCC(c1ccccc1Br)C1CC1. The second-order valence-electron chi connectivity index (χ2n) is 5.03. The van der Waals surface area contributed by atoms with Crippen molar-refractivity contribution >= 4 is 15.9 Å². The minimum absolute atomic E-state index is 0.573. The number of halogens is 1. The van der Waals surface area contributed by atoms with Crippen molar-refractivity contribution in [1.82, 2.24) is 5.32 Å². The second kappa shape index (κ2) is 5.33. The highest BCUT2D eigenvalue weighted by molar-refractivity contribution is 9.10. The van der Waals surface area contributed by atoms with Crippen molar-refractivity contribution in [1.29, 1.82) is 0 Å². The van der Waals surface area contributed by atoms with Gasteiger partial charge in [0.15, 0.2) is 0 Å². The number of hydrogen-bond donors (Lipinski definition) is 1. The van der Waals surface area contributed by atoms with Gasteiger partial charge in [0.25, 0.3) is 0 Å². The minimum Gasteiger partial charge on any atom is -0.314 e. The van der Waals surface area contributed by atoms with E-state index in [9.17, 15) is 0 Å². The molecule has 0 amide bonds. The van der Waals surface area contributed by atoms with Crippen LogP contribution in [0, 0.1) is 5.92 Å². The lowest BCUT2D eigenvalue weighted by molar-refractivity contribution is 0.495. The van der Waals surface area contributed by atoms with Crippen molar-refractivity contribution in [2.75, 3.05) is 6.54 Å². The van der Waals surface area contributed by atoms with Gasteiger partial charge < -0.3 is 5.32 Å². The van der Waals surface area contributed by atoms with Crippen LogP contribution in [0.15, 0.2) is 28.7 Å². The van der Waals surface area contributed by atoms with Crippen molar-refractivity contribution in [3.8, 4) is 0 Å². The van der Waals surface area contributed by atoms with Crippen molar-refractivity contribution < 1.29 is 0 Å². The van der Waals surface area contributed by atoms with E-state index in [1.807, 2.05) is 0 Å². The zero-order chi connectivity index (χ0) is 11.5. The van der Waals surface area contributed by atoms with Gasteiger partial charge in [0, 0.05) is 23.0 Å². The molecule has 0 aromatic heterocycles. The summed E-state index contributed by atoms with van der Waals surface area (Å²) >= 11 is 3.67. The van der Waals surface area contributed by atoms with E-state index >= 15 is 0 Å². The molecule has 1 nitrogen and oxygen atoms in total. The Balaban J connectivity index is 2.10. The maximum atomic E-state index is 3.67. The van der Waals surface area contributed by atoms with Crippen LogP contribution < -0.4 is 5.32 Å². The Morgan fingerprint density at radius 3 is 2.56 bits per heavy atom. The molecule has 0 aliphatic heterocycles. The molecule has 16 heavy (non-hydrogen) atoms. The van der Waals surface area contributed by atoms with Crippen LogP contribution in [0.5, 0.6) is 0 Å². The summed E-state index contributed by atoms with van der Waals surface area (Å²) in [6.07, 6.45) is 2.79. The van der Waals surface area contributed by atoms with Gasteiger partial charge in [-0.3, -0.25) is 0 Å². The number of benzene rings is 1. The van der Waals surface area contributed by atoms with Gasteiger partial charge in [-0.05, 0) is 30.4 Å². The van der Waals surface area contributed by atoms with Crippen molar-refractivity contribution in [3.05, 3.63) is 34.3 Å². The molecule has 88 valence electrons. The Kier molecular flexibility index (Phi) is 4.04. The van der Waals surface area contributed by atoms with Crippen LogP contribution in [-0.2, 0) is 0 Å². The Morgan fingerprint density at radius 2 is 2.00 bits per heavy atom. The lowest BCUT2D eigenvalue weighted by Gasteiger charge is -2.20. The fourth-order valence-electron chi connectivity index (χ4n) is 2.17. The monoisotopic (exact) mass is 281 g/mol. The van der Waals surface area contributed by atoms with Gasteiger partial charge in [0.1, 0.15) is 0 Å². The summed E-state index contributed by atoms with van der Waals surface area (Å²) in [5, 5.41) is 3.57. The first-order valence-electron chi connectivity index (χ1n) is 6.16. The highest BCUT2D eigenvalue weighted by Crippen LogP contribution is 2.44. The zero-order valence-corrected chi connectivity index (χ0v) is 11.6. The third-order valence-electron chi connectivity index (χ3n) is 3.24. The molecule has 0 radical (unpaired) electrons. The first-order valence-corrected chi connectivity index (χ1v) is 6.95. The molecule has 1 aromatic rings. The van der Waals surface area contributed by atoms with Crippen molar-refractivity contribution in [2.24, 2.45) is 5.92 Å². The minimum atomic E-state index is 0.573. The summed E-state index contributed by atoms with van der Waals surface area (Å²) in [5.74, 6) is 1.57. The largest absolute Gasteiger partial charge is 0.314 e. The molecule has 0 bridgehead atoms. The Hall–Kier alpha value is -0.340. The fraction of sp³-hybridized carbons (Fsp3) is 0.571. The van der Waals surface area contributed by atoms with E-state index in [1.165, 1.54) is 22.9 Å². The summed E-state index contributed by atoms with van der Waals surface area (Å²) in [4.78, 5) is 0. The quantitative estimate of drug-likeness (QED) is 0.862. The molecule has 1 fully saturated rings. The topological polar surface area (TPSA) is 12.0 Å². The lowest BCUT2D eigenvalue weighted by Crippen LogP contribution is -2.29. The Labute approximate surface area is 107 Å². The van der Waals surface area contributed by atoms with Crippen LogP contribution >= 0.6 is 15.9 Å². The molecule has 0 spiro atoms. The predicted molar refractivity (Wildman–Crippen MR) is 72.7 cm³/mol. The van der Waals surface area contributed by atoms with Crippen LogP contribution in [-0.4, -0.2) is 12.6 Å². The number of rotatable bonds is 5. The molecule has 1 atom stereocenters. The van der Waals surface area contributed by atoms with E-state index in [1.54, 1.807) is 0 Å². The van der Waals surface area contributed by atoms with Gasteiger partial charge in [0.05, 0.1) is 0 Å². The molecule has 1 aromatic carbocycles. The molecule has 1 aliphatic carbocycles. The van der Waals surface area contributed by atoms with Gasteiger partial charge >= 0.3 is 0 Å². The molecule has 2 heteroatoms. The Morgan fingerprint density at radius 1 is 1.31 bits per heavy atom. The van der Waals surface area contributed by atoms with E-state index < -0.39 is 0 Å². The van der Waals surface area contributed by atoms with Crippen LogP contribution in [0.1, 0.15) is 38.2 Å². The maximum absolute atomic E-state index is 3.67. The summed E-state index contributed by atoms with van der Waals surface area (Å²) in [6.45, 7) is 5.53. The van der Waals surface area contributed by atoms with Crippen LogP contribution in [0.3, 0.4) is 0 Å². The van der Waals surface area contributed by atoms with E-state index in [-0.39, 0.29) is 0 Å². The molecular formula is C14H20BrN. The van der Waals surface area contributed by atoms with Crippen molar-refractivity contribution in [3.63, 3.8) is 0 Å². The normalized spacial score (nSPS) is 17.8. The standard InChI is InChI=1S/C14H20BrN/c1-10(2)16-9-13(11-7-8-11)12-5-3-4-6-14(12)15/h3-6,10-11,13,16H,7-9H2,1-2H3. The Bertz CT molecular complexity index is 344. The fourth-order valence-corrected chi connectivity index (χ4v) is 2.75. The smallest absolute Gasteiger partial charge is 0.0210 e. The van der Waals surface area contributed by atoms with Crippen LogP contribution in [0.2, 0.25) is 0 Å². The van der Waals surface area contributed by atoms with Gasteiger partial charge in [-0.25, -0.2) is 0 Å². The highest BCUT2D eigenvalue weighted by Gasteiger charge is 2.32. The van der Waals surface area contributed by atoms with Gasteiger partial charge in [-0.15, -0.1) is 0 Å². The summed E-state index contributed by atoms with van der Waals surface area (Å²) < 4.78 is 1.26. The van der Waals surface area contributed by atoms with E-state index in [0.717, 1.165) is 12.5 Å². The van der Waals surface area contributed by atoms with Gasteiger partial charge in [-0.1, -0.05) is 48.0 Å². The lowest BCUT2D eigenvalue weighted by atomic mass is 9.94. The predicted octanol–water partition coefficient (Wildman–Crippen LogP) is 3.94. The molecule has 0 saturated heterocycles. The summed E-state index contributed by atoms with van der Waals surface area (Å²) in [5.41, 5.74) is 1.47. The first kappa shape index (κ1) is 12.1. The molecule has 1 saturated carbocycles. The van der Waals surface area contributed by atoms with E-state index in [2.05, 4.69) is 59.4 Å². The highest BCUT2D eigenvalue weighted by atomic mass is 79.9. The van der Waals surface area contributed by atoms with Crippen LogP contribution in [0.25, 0.3) is 0 Å². The van der Waals surface area contributed by atoms with Crippen molar-refractivity contribution in [2.45, 2.75) is 38.6 Å². The molecule has 1 aliphatic rings. The number of hydrogen-bond acceptors (Lipinski definition) is 1. The maximum Gasteiger partial charge on any atom is 0.0210 e. The molecule has 1 unspecified atom stereocenters. The van der Waals surface area contributed by atoms with E-state index in [0.29, 0.717) is 12.0 Å². The molecule has 0 heterocycles. The molecule has 1 N–H and O–H groups in total. The third-order valence-corrected chi connectivity index (χ3v) is 3.96. The number of nitrogens with one attached hydrogen (secondary N) is 1. The first-order chi connectivity index (χ1) is 7.68. The van der Waals surface area contributed by atoms with Gasteiger partial charge in [0.2, 0.25) is 0 Å². The zero-order valence-electron chi connectivity index (χ0n) is 10.0. The third kappa shape index (κ3) is 3.08. The van der Waals surface area contributed by atoms with Crippen LogP contribution in [0.4, 0.5) is 0 Å². The summed E-state index contributed by atoms with van der Waals surface area (Å²) in [7, 11) is 0. The van der Waals surface area contributed by atoms with E-state index in [4.69, 9.17) is 0 Å². The molecule has 2 rings (SSSR count). The van der Waals surface area contributed by atoms with Gasteiger partial charge in [-0.2, -0.15) is 0 Å². The molecular weight excluding hydrogens is 262 g/mol.